The van der Waals surface area contributed by atoms with E-state index in [2.05, 4.69) is 172 Å². The van der Waals surface area contributed by atoms with Crippen LogP contribution in [0.15, 0.2) is 174 Å². The number of nitrogens with zero attached hydrogens (tertiary/aromatic N) is 2. The van der Waals surface area contributed by atoms with Gasteiger partial charge in [0.15, 0.2) is 5.58 Å². The predicted octanol–water partition coefficient (Wildman–Crippen LogP) is 14.4. The number of rotatable bonds is 5. The summed E-state index contributed by atoms with van der Waals surface area (Å²) >= 11 is 0. The summed E-state index contributed by atoms with van der Waals surface area (Å²) < 4.78 is 6.42. The van der Waals surface area contributed by atoms with Crippen molar-refractivity contribution in [2.45, 2.75) is 38.5 Å². The van der Waals surface area contributed by atoms with Gasteiger partial charge in [-0.3, -0.25) is 0 Å². The molecule has 8 aromatic carbocycles. The van der Waals surface area contributed by atoms with Crippen molar-refractivity contribution in [1.29, 1.82) is 0 Å². The van der Waals surface area contributed by atoms with Crippen molar-refractivity contribution in [3.63, 3.8) is 0 Å². The molecule has 0 amide bonds. The van der Waals surface area contributed by atoms with Crippen LogP contribution in [0, 0.1) is 0 Å². The third-order valence-corrected chi connectivity index (χ3v) is 12.5. The third-order valence-electron chi connectivity index (χ3n) is 12.5. The standard InChI is InChI=1S/C53H40N2O/c1-52(2)45-19-10-8-15-40(45)42-27-25-36(31-47(42)52)55(37-26-28-43-41-16-9-11-20-46(41)53(3,4)48(43)32-37)35-23-21-33(22-24-35)38-17-12-18-44-39(38)29-30-49-50(44)56-51(54-49)34-13-6-5-7-14-34/h5-32H,1-4H3. The highest BCUT2D eigenvalue weighted by molar-refractivity contribution is 6.09. The van der Waals surface area contributed by atoms with Gasteiger partial charge >= 0.3 is 0 Å². The summed E-state index contributed by atoms with van der Waals surface area (Å²) in [6.45, 7) is 9.42. The van der Waals surface area contributed by atoms with Gasteiger partial charge in [0, 0.05) is 38.8 Å². The Labute approximate surface area is 327 Å². The maximum absolute atomic E-state index is 6.42. The van der Waals surface area contributed by atoms with Gasteiger partial charge in [0.05, 0.1) is 0 Å². The lowest BCUT2D eigenvalue weighted by Gasteiger charge is -2.30. The van der Waals surface area contributed by atoms with E-state index in [1.807, 2.05) is 30.3 Å². The Kier molecular flexibility index (Phi) is 6.94. The quantitative estimate of drug-likeness (QED) is 0.177. The Hall–Kier alpha value is -6.71. The second-order valence-corrected chi connectivity index (χ2v) is 16.4. The molecule has 0 saturated carbocycles. The number of benzene rings is 8. The normalized spacial score (nSPS) is 14.4. The fourth-order valence-corrected chi connectivity index (χ4v) is 9.60. The minimum Gasteiger partial charge on any atom is -0.435 e. The van der Waals surface area contributed by atoms with Crippen LogP contribution in [-0.2, 0) is 10.8 Å². The molecule has 11 rings (SSSR count). The van der Waals surface area contributed by atoms with Crippen LogP contribution < -0.4 is 4.90 Å². The first-order chi connectivity index (χ1) is 27.3. The van der Waals surface area contributed by atoms with Crippen LogP contribution in [0.25, 0.3) is 66.7 Å². The average Bonchev–Trinajstić information content (AvgIpc) is 3.85. The number of oxazole rings is 1. The molecule has 0 bridgehead atoms. The van der Waals surface area contributed by atoms with E-state index in [0.717, 1.165) is 55.6 Å². The SMILES string of the molecule is CC1(C)c2ccccc2-c2ccc(N(c3ccc(-c4cccc5c4ccc4nc(-c6ccccc6)oc45)cc3)c3ccc4c(c3)C(C)(C)c3ccccc3-4)cc21. The van der Waals surface area contributed by atoms with Gasteiger partial charge in [0.1, 0.15) is 5.52 Å². The summed E-state index contributed by atoms with van der Waals surface area (Å²) in [7, 11) is 0. The lowest BCUT2D eigenvalue weighted by Crippen LogP contribution is -2.18. The summed E-state index contributed by atoms with van der Waals surface area (Å²) in [4.78, 5) is 7.28. The third kappa shape index (κ3) is 4.73. The van der Waals surface area contributed by atoms with Crippen molar-refractivity contribution >= 4 is 38.9 Å². The summed E-state index contributed by atoms with van der Waals surface area (Å²) in [5.41, 5.74) is 19.0. The minimum absolute atomic E-state index is 0.107. The molecule has 0 fully saturated rings. The van der Waals surface area contributed by atoms with Crippen molar-refractivity contribution in [3.05, 3.63) is 192 Å². The van der Waals surface area contributed by atoms with E-state index in [9.17, 15) is 0 Å². The molecule has 0 unspecified atom stereocenters. The molecule has 268 valence electrons. The zero-order valence-corrected chi connectivity index (χ0v) is 32.0. The van der Waals surface area contributed by atoms with Crippen LogP contribution in [0.2, 0.25) is 0 Å². The zero-order chi connectivity index (χ0) is 37.8. The molecule has 0 aliphatic heterocycles. The van der Waals surface area contributed by atoms with E-state index in [1.54, 1.807) is 0 Å². The molecule has 0 atom stereocenters. The molecule has 0 radical (unpaired) electrons. The lowest BCUT2D eigenvalue weighted by molar-refractivity contribution is 0.623. The van der Waals surface area contributed by atoms with Crippen LogP contribution in [0.4, 0.5) is 17.1 Å². The first-order valence-corrected chi connectivity index (χ1v) is 19.5. The Morgan fingerprint density at radius 3 is 1.57 bits per heavy atom. The molecule has 3 heteroatoms. The van der Waals surface area contributed by atoms with Crippen LogP contribution in [-0.4, -0.2) is 4.98 Å². The molecule has 9 aromatic rings. The monoisotopic (exact) mass is 720 g/mol. The second-order valence-electron chi connectivity index (χ2n) is 16.4. The first-order valence-electron chi connectivity index (χ1n) is 19.5. The Bertz CT molecular complexity index is 2920. The molecule has 0 spiro atoms. The Morgan fingerprint density at radius 1 is 0.411 bits per heavy atom. The Balaban J connectivity index is 1.04. The van der Waals surface area contributed by atoms with Gasteiger partial charge in [-0.1, -0.05) is 143 Å². The molecule has 2 aliphatic rings. The summed E-state index contributed by atoms with van der Waals surface area (Å²) in [6.07, 6.45) is 0. The molecule has 1 heterocycles. The number of hydrogen-bond acceptors (Lipinski definition) is 3. The number of fused-ring (bicyclic) bond motifs is 9. The topological polar surface area (TPSA) is 29.3 Å². The van der Waals surface area contributed by atoms with Gasteiger partial charge in [-0.2, -0.15) is 0 Å². The summed E-state index contributed by atoms with van der Waals surface area (Å²) in [5.74, 6) is 0.639. The van der Waals surface area contributed by atoms with E-state index in [4.69, 9.17) is 9.40 Å². The van der Waals surface area contributed by atoms with Gasteiger partial charge in [-0.15, -0.1) is 0 Å². The smallest absolute Gasteiger partial charge is 0.227 e. The van der Waals surface area contributed by atoms with Crippen LogP contribution in [0.3, 0.4) is 0 Å². The van der Waals surface area contributed by atoms with E-state index >= 15 is 0 Å². The maximum Gasteiger partial charge on any atom is 0.227 e. The minimum atomic E-state index is -0.107. The predicted molar refractivity (Wildman–Crippen MR) is 232 cm³/mol. The summed E-state index contributed by atoms with van der Waals surface area (Å²) in [6, 6.07) is 61.7. The maximum atomic E-state index is 6.42. The average molecular weight is 721 g/mol. The highest BCUT2D eigenvalue weighted by atomic mass is 16.3. The highest BCUT2D eigenvalue weighted by Gasteiger charge is 2.37. The molecular formula is C53H40N2O. The van der Waals surface area contributed by atoms with E-state index < -0.39 is 0 Å². The number of aromatic nitrogens is 1. The number of anilines is 3. The Morgan fingerprint density at radius 2 is 0.946 bits per heavy atom. The van der Waals surface area contributed by atoms with Gasteiger partial charge in [-0.25, -0.2) is 4.98 Å². The molecule has 2 aliphatic carbocycles. The van der Waals surface area contributed by atoms with Gasteiger partial charge < -0.3 is 9.32 Å². The van der Waals surface area contributed by atoms with Gasteiger partial charge in [0.25, 0.3) is 0 Å². The van der Waals surface area contributed by atoms with Crippen LogP contribution in [0.1, 0.15) is 49.9 Å². The van der Waals surface area contributed by atoms with Crippen molar-refractivity contribution < 1.29 is 4.42 Å². The van der Waals surface area contributed by atoms with Crippen LogP contribution in [0.5, 0.6) is 0 Å². The fourth-order valence-electron chi connectivity index (χ4n) is 9.60. The molecule has 56 heavy (non-hydrogen) atoms. The van der Waals surface area contributed by atoms with Crippen LogP contribution >= 0.6 is 0 Å². The van der Waals surface area contributed by atoms with Gasteiger partial charge in [0.2, 0.25) is 5.89 Å². The van der Waals surface area contributed by atoms with E-state index in [1.165, 1.54) is 44.5 Å². The van der Waals surface area contributed by atoms with Crippen molar-refractivity contribution in [2.75, 3.05) is 4.90 Å². The molecule has 0 saturated heterocycles. The van der Waals surface area contributed by atoms with Crippen molar-refractivity contribution in [3.8, 4) is 44.8 Å². The fraction of sp³-hybridized carbons (Fsp3) is 0.113. The molecule has 3 nitrogen and oxygen atoms in total. The zero-order valence-electron chi connectivity index (χ0n) is 32.0. The van der Waals surface area contributed by atoms with Crippen molar-refractivity contribution in [1.82, 2.24) is 4.98 Å². The van der Waals surface area contributed by atoms with Crippen molar-refractivity contribution in [2.24, 2.45) is 0 Å². The highest BCUT2D eigenvalue weighted by Crippen LogP contribution is 2.53. The van der Waals surface area contributed by atoms with Gasteiger partial charge in [-0.05, 0) is 116 Å². The second kappa shape index (κ2) is 11.9. The molecule has 1 aromatic heterocycles. The van der Waals surface area contributed by atoms with E-state index in [-0.39, 0.29) is 10.8 Å². The van der Waals surface area contributed by atoms with E-state index in [0.29, 0.717) is 5.89 Å². The lowest BCUT2D eigenvalue weighted by atomic mass is 9.82. The summed E-state index contributed by atoms with van der Waals surface area (Å²) in [5, 5.41) is 2.20. The largest absolute Gasteiger partial charge is 0.435 e. The first kappa shape index (κ1) is 32.7. The molecular weight excluding hydrogens is 681 g/mol. The number of hydrogen-bond donors (Lipinski definition) is 0. The molecule has 0 N–H and O–H groups in total.